The lowest BCUT2D eigenvalue weighted by atomic mass is 9.95. The van der Waals surface area contributed by atoms with Gasteiger partial charge in [-0.25, -0.2) is 0 Å². The number of primary amides is 1. The summed E-state index contributed by atoms with van der Waals surface area (Å²) in [6.07, 6.45) is 1.23. The van der Waals surface area contributed by atoms with E-state index in [-0.39, 0.29) is 42.2 Å². The number of ketones is 1. The quantitative estimate of drug-likeness (QED) is 0.472. The summed E-state index contributed by atoms with van der Waals surface area (Å²) in [5.74, 6) is -1.70. The molecule has 0 bridgehead atoms. The lowest BCUT2D eigenvalue weighted by Crippen LogP contribution is -2.47. The second-order valence-electron chi connectivity index (χ2n) is 8.94. The van der Waals surface area contributed by atoms with Crippen molar-refractivity contribution >= 4 is 34.4 Å². The minimum absolute atomic E-state index is 0.120. The number of hydrogen-bond acceptors (Lipinski definition) is 5. The third-order valence-electron chi connectivity index (χ3n) is 5.98. The number of nitrogens with zero attached hydrogens (tertiary/aromatic N) is 1. The Kier molecular flexibility index (Phi) is 7.86. The van der Waals surface area contributed by atoms with Crippen molar-refractivity contribution in [3.8, 4) is 0 Å². The van der Waals surface area contributed by atoms with Gasteiger partial charge in [-0.15, -0.1) is 0 Å². The van der Waals surface area contributed by atoms with Crippen LogP contribution >= 0.6 is 0 Å². The zero-order valence-corrected chi connectivity index (χ0v) is 19.3. The molecule has 3 rings (SSSR count). The highest BCUT2D eigenvalue weighted by Crippen LogP contribution is 2.29. The molecule has 178 valence electrons. The number of methoxy groups -OCH3 is 1. The molecule has 9 nitrogen and oxygen atoms in total. The van der Waals surface area contributed by atoms with Crippen LogP contribution in [-0.2, 0) is 19.1 Å². The van der Waals surface area contributed by atoms with E-state index in [4.69, 9.17) is 10.5 Å². The van der Waals surface area contributed by atoms with Gasteiger partial charge in [0.2, 0.25) is 11.8 Å². The number of rotatable bonds is 11. The molecule has 1 aromatic heterocycles. The van der Waals surface area contributed by atoms with Crippen LogP contribution in [0.4, 0.5) is 0 Å². The number of carbonyl (C=O) groups is 4. The zero-order chi connectivity index (χ0) is 24.1. The summed E-state index contributed by atoms with van der Waals surface area (Å²) in [7, 11) is 1.41. The number of para-hydroxylation sites is 1. The third kappa shape index (κ3) is 5.60. The van der Waals surface area contributed by atoms with Crippen LogP contribution in [0.15, 0.2) is 30.3 Å². The van der Waals surface area contributed by atoms with Gasteiger partial charge in [-0.2, -0.15) is 0 Å². The fourth-order valence-corrected chi connectivity index (χ4v) is 4.41. The van der Waals surface area contributed by atoms with Crippen molar-refractivity contribution in [1.82, 2.24) is 15.2 Å². The Morgan fingerprint density at radius 3 is 2.61 bits per heavy atom. The van der Waals surface area contributed by atoms with E-state index in [1.54, 1.807) is 10.6 Å². The monoisotopic (exact) mass is 456 g/mol. The summed E-state index contributed by atoms with van der Waals surface area (Å²) >= 11 is 0. The van der Waals surface area contributed by atoms with E-state index in [1.807, 2.05) is 38.1 Å². The van der Waals surface area contributed by atoms with Crippen LogP contribution in [0.25, 0.3) is 10.9 Å². The minimum Gasteiger partial charge on any atom is -0.377 e. The molecule has 3 amide bonds. The van der Waals surface area contributed by atoms with E-state index in [9.17, 15) is 19.2 Å². The Morgan fingerprint density at radius 2 is 2.00 bits per heavy atom. The van der Waals surface area contributed by atoms with Crippen LogP contribution in [0.1, 0.15) is 49.6 Å². The molecular weight excluding hydrogens is 424 g/mol. The fraction of sp³-hybridized carbons (Fsp3) is 0.500. The lowest BCUT2D eigenvalue weighted by Gasteiger charge is -2.26. The minimum atomic E-state index is -0.875. The number of nitrogens with one attached hydrogen (secondary N) is 2. The van der Waals surface area contributed by atoms with Crippen LogP contribution in [0.5, 0.6) is 0 Å². The van der Waals surface area contributed by atoms with Gasteiger partial charge in [0.15, 0.2) is 5.78 Å². The van der Waals surface area contributed by atoms with Crippen LogP contribution < -0.4 is 16.4 Å². The first kappa shape index (κ1) is 24.4. The summed E-state index contributed by atoms with van der Waals surface area (Å²) in [4.78, 5) is 50.7. The van der Waals surface area contributed by atoms with E-state index in [0.29, 0.717) is 24.9 Å². The number of benzene rings is 1. The summed E-state index contributed by atoms with van der Waals surface area (Å²) < 4.78 is 6.66. The summed E-state index contributed by atoms with van der Waals surface area (Å²) in [5.41, 5.74) is 6.59. The molecule has 1 saturated heterocycles. The first-order chi connectivity index (χ1) is 15.7. The predicted octanol–water partition coefficient (Wildman–Crippen LogP) is 1.55. The molecule has 33 heavy (non-hydrogen) atoms. The normalized spacial score (nSPS) is 17.7. The highest BCUT2D eigenvalue weighted by molar-refractivity contribution is 6.00. The van der Waals surface area contributed by atoms with E-state index >= 15 is 0 Å². The molecule has 9 heteroatoms. The molecule has 0 spiro atoms. The van der Waals surface area contributed by atoms with E-state index < -0.39 is 23.9 Å². The van der Waals surface area contributed by atoms with Gasteiger partial charge in [0.25, 0.3) is 5.91 Å². The smallest absolute Gasteiger partial charge is 0.265 e. The van der Waals surface area contributed by atoms with E-state index in [2.05, 4.69) is 10.6 Å². The largest absolute Gasteiger partial charge is 0.377 e. The number of aromatic nitrogens is 1. The van der Waals surface area contributed by atoms with Crippen molar-refractivity contribution in [2.24, 2.45) is 17.6 Å². The molecule has 1 aromatic carbocycles. The number of carbonyl (C=O) groups excluding carboxylic acids is 4. The Balaban J connectivity index is 1.96. The van der Waals surface area contributed by atoms with Gasteiger partial charge in [-0.3, -0.25) is 19.2 Å². The predicted molar refractivity (Wildman–Crippen MR) is 123 cm³/mol. The Morgan fingerprint density at radius 1 is 1.27 bits per heavy atom. The number of ether oxygens (including phenoxy) is 1. The number of amides is 3. The fourth-order valence-electron chi connectivity index (χ4n) is 4.41. The average Bonchev–Trinajstić information content (AvgIpc) is 3.35. The molecule has 0 radical (unpaired) electrons. The Bertz CT molecular complexity index is 1040. The Labute approximate surface area is 193 Å². The first-order valence-electron chi connectivity index (χ1n) is 11.2. The molecule has 1 aliphatic heterocycles. The van der Waals surface area contributed by atoms with Crippen molar-refractivity contribution < 1.29 is 23.9 Å². The van der Waals surface area contributed by atoms with Crippen molar-refractivity contribution in [2.75, 3.05) is 20.3 Å². The molecule has 0 saturated carbocycles. The lowest BCUT2D eigenvalue weighted by molar-refractivity contribution is -0.132. The van der Waals surface area contributed by atoms with Crippen LogP contribution in [-0.4, -0.2) is 54.4 Å². The Hall–Kier alpha value is -3.20. The third-order valence-corrected chi connectivity index (χ3v) is 5.98. The molecule has 2 heterocycles. The van der Waals surface area contributed by atoms with Crippen LogP contribution in [0, 0.1) is 11.8 Å². The SMILES string of the molecule is COCC(=O)[C@H](C[C@@H]1CCNC1=O)NC(=O)[C@H](CC(C)C)n1c(C(N)=O)cc2ccccc21. The highest BCUT2D eigenvalue weighted by atomic mass is 16.5. The molecule has 3 atom stereocenters. The number of Topliss-reactive ketones (excluding diaryl/α,β-unsaturated/α-hetero) is 1. The van der Waals surface area contributed by atoms with Crippen molar-refractivity contribution in [2.45, 2.75) is 45.2 Å². The van der Waals surface area contributed by atoms with Gasteiger partial charge < -0.3 is 25.7 Å². The summed E-state index contributed by atoms with van der Waals surface area (Å²) in [6.45, 7) is 4.34. The first-order valence-corrected chi connectivity index (χ1v) is 11.2. The second-order valence-corrected chi connectivity index (χ2v) is 8.94. The topological polar surface area (TPSA) is 133 Å². The maximum atomic E-state index is 13.6. The summed E-state index contributed by atoms with van der Waals surface area (Å²) in [5, 5.41) is 6.41. The van der Waals surface area contributed by atoms with Crippen molar-refractivity contribution in [1.29, 1.82) is 0 Å². The van der Waals surface area contributed by atoms with E-state index in [0.717, 1.165) is 5.39 Å². The maximum absolute atomic E-state index is 13.6. The van der Waals surface area contributed by atoms with Gasteiger partial charge in [0, 0.05) is 30.5 Å². The van der Waals surface area contributed by atoms with Gasteiger partial charge in [-0.1, -0.05) is 32.0 Å². The molecule has 0 unspecified atom stereocenters. The van der Waals surface area contributed by atoms with Gasteiger partial charge in [0.1, 0.15) is 18.3 Å². The molecule has 4 N–H and O–H groups in total. The number of nitrogens with two attached hydrogens (primary N) is 1. The molecule has 2 aromatic rings. The number of fused-ring (bicyclic) bond motifs is 1. The van der Waals surface area contributed by atoms with Crippen LogP contribution in [0.3, 0.4) is 0 Å². The molecule has 1 fully saturated rings. The van der Waals surface area contributed by atoms with Gasteiger partial charge in [-0.05, 0) is 37.3 Å². The van der Waals surface area contributed by atoms with Crippen molar-refractivity contribution in [3.63, 3.8) is 0 Å². The highest BCUT2D eigenvalue weighted by Gasteiger charge is 2.34. The average molecular weight is 457 g/mol. The van der Waals surface area contributed by atoms with Crippen LogP contribution in [0.2, 0.25) is 0 Å². The van der Waals surface area contributed by atoms with E-state index in [1.165, 1.54) is 7.11 Å². The summed E-state index contributed by atoms with van der Waals surface area (Å²) in [6, 6.07) is 7.40. The van der Waals surface area contributed by atoms with Crippen molar-refractivity contribution in [3.05, 3.63) is 36.0 Å². The molecule has 1 aliphatic rings. The second kappa shape index (κ2) is 10.6. The zero-order valence-electron chi connectivity index (χ0n) is 19.3. The molecular formula is C24H32N4O5. The maximum Gasteiger partial charge on any atom is 0.265 e. The van der Waals surface area contributed by atoms with Gasteiger partial charge >= 0.3 is 0 Å². The standard InChI is InChI=1S/C24H32N4O5/c1-14(2)10-20(28-18-7-5-4-6-15(18)12-19(28)22(25)30)24(32)27-17(21(29)13-33-3)11-16-8-9-26-23(16)31/h4-7,12,14,16-17,20H,8-11,13H2,1-3H3,(H2,25,30)(H,26,31)(H,27,32)/t16-,17-,20-/m0/s1. The van der Waals surface area contributed by atoms with Gasteiger partial charge in [0.05, 0.1) is 6.04 Å². The molecule has 0 aliphatic carbocycles. The number of hydrogen-bond donors (Lipinski definition) is 3.